The van der Waals surface area contributed by atoms with Gasteiger partial charge in [-0.15, -0.1) is 0 Å². The molecule has 0 bridgehead atoms. The molecule has 0 aromatic rings. The summed E-state index contributed by atoms with van der Waals surface area (Å²) in [6.07, 6.45) is 26.6. The third kappa shape index (κ3) is 4.65. The lowest BCUT2D eigenvalue weighted by atomic mass is 9.59. The lowest BCUT2D eigenvalue weighted by molar-refractivity contribution is 0.0412. The van der Waals surface area contributed by atoms with E-state index in [0.29, 0.717) is 0 Å². The summed E-state index contributed by atoms with van der Waals surface area (Å²) in [7, 11) is 0. The van der Waals surface area contributed by atoms with Gasteiger partial charge in [-0.05, 0) is 73.5 Å². The van der Waals surface area contributed by atoms with Crippen LogP contribution in [-0.2, 0) is 0 Å². The SMILES string of the molecule is CC1CCC(C2CC(C3CCCCC3)CC(C3CCCCC3)C2)CC1. The van der Waals surface area contributed by atoms with Gasteiger partial charge in [0.2, 0.25) is 0 Å². The van der Waals surface area contributed by atoms with Gasteiger partial charge < -0.3 is 0 Å². The van der Waals surface area contributed by atoms with E-state index in [1.165, 1.54) is 25.7 Å². The van der Waals surface area contributed by atoms with Crippen LogP contribution in [0.1, 0.15) is 116 Å². The van der Waals surface area contributed by atoms with E-state index in [1.807, 2.05) is 0 Å². The molecular formula is C25H44. The smallest absolute Gasteiger partial charge is 0.0380 e. The molecule has 4 saturated carbocycles. The zero-order valence-electron chi connectivity index (χ0n) is 17.1. The topological polar surface area (TPSA) is 0 Å². The molecule has 0 nitrogen and oxygen atoms in total. The van der Waals surface area contributed by atoms with Crippen LogP contribution in [0.5, 0.6) is 0 Å². The van der Waals surface area contributed by atoms with E-state index in [1.54, 1.807) is 83.5 Å². The van der Waals surface area contributed by atoms with Crippen LogP contribution in [0, 0.1) is 41.4 Å². The van der Waals surface area contributed by atoms with Crippen LogP contribution >= 0.6 is 0 Å². The summed E-state index contributed by atoms with van der Waals surface area (Å²) in [6.45, 7) is 2.49. The minimum absolute atomic E-state index is 1.02. The maximum Gasteiger partial charge on any atom is -0.0380 e. The van der Waals surface area contributed by atoms with Gasteiger partial charge in [0.05, 0.1) is 0 Å². The molecule has 2 atom stereocenters. The van der Waals surface area contributed by atoms with Crippen molar-refractivity contribution in [1.29, 1.82) is 0 Å². The Kier molecular flexibility index (Phi) is 6.46. The van der Waals surface area contributed by atoms with E-state index >= 15 is 0 Å². The van der Waals surface area contributed by atoms with Gasteiger partial charge in [-0.2, -0.15) is 0 Å². The molecule has 0 N–H and O–H groups in total. The average Bonchev–Trinajstić information content (AvgIpc) is 2.69. The molecule has 144 valence electrons. The van der Waals surface area contributed by atoms with Gasteiger partial charge in [0.1, 0.15) is 0 Å². The monoisotopic (exact) mass is 344 g/mol. The van der Waals surface area contributed by atoms with Crippen LogP contribution < -0.4 is 0 Å². The Hall–Kier alpha value is 0. The molecule has 0 aromatic heterocycles. The normalized spacial score (nSPS) is 42.4. The van der Waals surface area contributed by atoms with Gasteiger partial charge >= 0.3 is 0 Å². The van der Waals surface area contributed by atoms with Crippen molar-refractivity contribution in [3.05, 3.63) is 0 Å². The number of hydrogen-bond acceptors (Lipinski definition) is 0. The molecule has 0 heterocycles. The summed E-state index contributed by atoms with van der Waals surface area (Å²) in [4.78, 5) is 0. The minimum Gasteiger partial charge on any atom is -0.0625 e. The number of hydrogen-bond donors (Lipinski definition) is 0. The Labute approximate surface area is 157 Å². The van der Waals surface area contributed by atoms with Gasteiger partial charge in [-0.3, -0.25) is 0 Å². The van der Waals surface area contributed by atoms with Crippen LogP contribution in [0.15, 0.2) is 0 Å². The van der Waals surface area contributed by atoms with Crippen LogP contribution in [0.3, 0.4) is 0 Å². The van der Waals surface area contributed by atoms with E-state index in [-0.39, 0.29) is 0 Å². The van der Waals surface area contributed by atoms with E-state index in [9.17, 15) is 0 Å². The largest absolute Gasteiger partial charge is 0.0625 e. The second kappa shape index (κ2) is 8.79. The Morgan fingerprint density at radius 2 is 0.720 bits per heavy atom. The Balaban J connectivity index is 1.43. The molecule has 25 heavy (non-hydrogen) atoms. The molecule has 0 amide bonds. The maximum atomic E-state index is 2.49. The zero-order valence-corrected chi connectivity index (χ0v) is 17.1. The van der Waals surface area contributed by atoms with Crippen LogP contribution in [0.4, 0.5) is 0 Å². The predicted molar refractivity (Wildman–Crippen MR) is 109 cm³/mol. The molecule has 0 aliphatic heterocycles. The molecule has 0 aromatic carbocycles. The van der Waals surface area contributed by atoms with Gasteiger partial charge in [-0.25, -0.2) is 0 Å². The van der Waals surface area contributed by atoms with Gasteiger partial charge in [0.25, 0.3) is 0 Å². The lowest BCUT2D eigenvalue weighted by Crippen LogP contribution is -2.36. The highest BCUT2D eigenvalue weighted by Gasteiger charge is 2.40. The van der Waals surface area contributed by atoms with Crippen molar-refractivity contribution in [3.63, 3.8) is 0 Å². The maximum absolute atomic E-state index is 2.49. The Morgan fingerprint density at radius 3 is 1.12 bits per heavy atom. The number of rotatable bonds is 3. The molecule has 0 saturated heterocycles. The molecule has 0 radical (unpaired) electrons. The summed E-state index contributed by atoms with van der Waals surface area (Å²) in [5, 5.41) is 0. The molecule has 0 heteroatoms. The first-order valence-electron chi connectivity index (χ1n) is 12.3. The molecule has 0 spiro atoms. The first-order chi connectivity index (χ1) is 12.3. The molecule has 4 aliphatic carbocycles. The zero-order chi connectivity index (χ0) is 17.1. The van der Waals surface area contributed by atoms with Crippen LogP contribution in [0.25, 0.3) is 0 Å². The fourth-order valence-electron chi connectivity index (χ4n) is 7.58. The second-order valence-corrected chi connectivity index (χ2v) is 10.8. The standard InChI is InChI=1S/C25H44/c1-19-12-14-22(15-13-19)25-17-23(20-8-4-2-5-9-20)16-24(18-25)21-10-6-3-7-11-21/h19-25H,2-18H2,1H3. The molecule has 4 fully saturated rings. The van der Waals surface area contributed by atoms with E-state index < -0.39 is 0 Å². The van der Waals surface area contributed by atoms with Crippen molar-refractivity contribution in [2.24, 2.45) is 41.4 Å². The highest BCUT2D eigenvalue weighted by Crippen LogP contribution is 2.51. The Bertz CT molecular complexity index is 353. The quantitative estimate of drug-likeness (QED) is 0.486. The van der Waals surface area contributed by atoms with Gasteiger partial charge in [0.15, 0.2) is 0 Å². The van der Waals surface area contributed by atoms with Crippen molar-refractivity contribution in [2.45, 2.75) is 116 Å². The van der Waals surface area contributed by atoms with Gasteiger partial charge in [-0.1, -0.05) is 84.0 Å². The lowest BCUT2D eigenvalue weighted by Gasteiger charge is -2.46. The summed E-state index contributed by atoms with van der Waals surface area (Å²) < 4.78 is 0. The van der Waals surface area contributed by atoms with Crippen molar-refractivity contribution in [2.75, 3.05) is 0 Å². The van der Waals surface area contributed by atoms with Crippen LogP contribution in [-0.4, -0.2) is 0 Å². The minimum atomic E-state index is 1.02. The first-order valence-corrected chi connectivity index (χ1v) is 12.3. The highest BCUT2D eigenvalue weighted by atomic mass is 14.5. The van der Waals surface area contributed by atoms with Crippen molar-refractivity contribution in [3.8, 4) is 0 Å². The predicted octanol–water partition coefficient (Wildman–Crippen LogP) is 8.01. The van der Waals surface area contributed by atoms with E-state index in [2.05, 4.69) is 6.92 Å². The van der Waals surface area contributed by atoms with E-state index in [4.69, 9.17) is 0 Å². The molecule has 2 unspecified atom stereocenters. The molecule has 4 aliphatic rings. The van der Waals surface area contributed by atoms with Gasteiger partial charge in [0, 0.05) is 0 Å². The third-order valence-electron chi connectivity index (χ3n) is 9.18. The van der Waals surface area contributed by atoms with Crippen molar-refractivity contribution < 1.29 is 0 Å². The first kappa shape index (κ1) is 18.4. The Morgan fingerprint density at radius 1 is 0.360 bits per heavy atom. The summed E-state index contributed by atoms with van der Waals surface area (Å²) in [5.74, 6) is 7.70. The van der Waals surface area contributed by atoms with Crippen molar-refractivity contribution in [1.82, 2.24) is 0 Å². The summed E-state index contributed by atoms with van der Waals surface area (Å²) >= 11 is 0. The molecular weight excluding hydrogens is 300 g/mol. The molecule has 4 rings (SSSR count). The van der Waals surface area contributed by atoms with Crippen molar-refractivity contribution >= 4 is 0 Å². The average molecular weight is 345 g/mol. The summed E-state index contributed by atoms with van der Waals surface area (Å²) in [6, 6.07) is 0. The fourth-order valence-corrected chi connectivity index (χ4v) is 7.58. The second-order valence-electron chi connectivity index (χ2n) is 10.8. The van der Waals surface area contributed by atoms with Crippen LogP contribution in [0.2, 0.25) is 0 Å². The van der Waals surface area contributed by atoms with E-state index in [0.717, 1.165) is 41.4 Å². The fraction of sp³-hybridized carbons (Fsp3) is 1.00. The highest BCUT2D eigenvalue weighted by molar-refractivity contribution is 4.90. The summed E-state index contributed by atoms with van der Waals surface area (Å²) in [5.41, 5.74) is 0. The third-order valence-corrected chi connectivity index (χ3v) is 9.18.